The third kappa shape index (κ3) is 4.56. The van der Waals surface area contributed by atoms with Gasteiger partial charge in [-0.05, 0) is 29.8 Å². The monoisotopic (exact) mass is 355 g/mol. The van der Waals surface area contributed by atoms with Crippen LogP contribution in [-0.4, -0.2) is 47.6 Å². The van der Waals surface area contributed by atoms with Crippen LogP contribution in [0.4, 0.5) is 10.5 Å². The number of nitrogens with two attached hydrogens (primary N) is 1. The topological polar surface area (TPSA) is 110 Å². The number of aromatic nitrogens is 1. The molecule has 2 heterocycles. The van der Waals surface area contributed by atoms with Crippen LogP contribution in [0.3, 0.4) is 0 Å². The van der Waals surface area contributed by atoms with Gasteiger partial charge < -0.3 is 15.0 Å². The molecule has 1 aliphatic heterocycles. The van der Waals surface area contributed by atoms with Crippen molar-refractivity contribution < 1.29 is 14.3 Å². The van der Waals surface area contributed by atoms with Crippen LogP contribution in [0.25, 0.3) is 0 Å². The number of hydrogen-bond donors (Lipinski definition) is 3. The highest BCUT2D eigenvalue weighted by atomic mass is 16.5. The van der Waals surface area contributed by atoms with E-state index in [1.54, 1.807) is 41.6 Å². The number of hydrogen-bond acceptors (Lipinski definition) is 5. The Labute approximate surface area is 151 Å². The summed E-state index contributed by atoms with van der Waals surface area (Å²) in [6.07, 6.45) is 3.82. The molecule has 8 heteroatoms. The van der Waals surface area contributed by atoms with Gasteiger partial charge in [0, 0.05) is 31.3 Å². The largest absolute Gasteiger partial charge is 0.374 e. The lowest BCUT2D eigenvalue weighted by Gasteiger charge is -2.33. The second-order valence-corrected chi connectivity index (χ2v) is 5.99. The maximum absolute atomic E-state index is 12.4. The lowest BCUT2D eigenvalue weighted by atomic mass is 10.0. The first-order valence-electron chi connectivity index (χ1n) is 8.33. The molecule has 3 amide bonds. The Hall–Kier alpha value is -2.97. The summed E-state index contributed by atoms with van der Waals surface area (Å²) in [4.78, 5) is 29.6. The van der Waals surface area contributed by atoms with E-state index in [0.29, 0.717) is 37.4 Å². The lowest BCUT2D eigenvalue weighted by molar-refractivity contribution is -0.0113. The highest BCUT2D eigenvalue weighted by Crippen LogP contribution is 2.14. The highest BCUT2D eigenvalue weighted by molar-refractivity contribution is 5.93. The van der Waals surface area contributed by atoms with E-state index < -0.39 is 0 Å². The molecule has 3 rings (SSSR count). The normalized spacial score (nSPS) is 16.8. The Bertz CT molecular complexity index is 751. The molecule has 1 atom stereocenters. The molecular formula is C18H21N5O3. The minimum absolute atomic E-state index is 0.0995. The Kier molecular flexibility index (Phi) is 5.77. The number of ether oxygens (including phenoxy) is 1. The summed E-state index contributed by atoms with van der Waals surface area (Å²) < 4.78 is 5.78. The van der Waals surface area contributed by atoms with Crippen LogP contribution in [0.2, 0.25) is 0 Å². The second-order valence-electron chi connectivity index (χ2n) is 5.99. The van der Waals surface area contributed by atoms with E-state index in [-0.39, 0.29) is 18.0 Å². The summed E-state index contributed by atoms with van der Waals surface area (Å²) in [5.74, 6) is 4.79. The molecule has 1 unspecified atom stereocenters. The van der Waals surface area contributed by atoms with Gasteiger partial charge in [-0.1, -0.05) is 12.1 Å². The Morgan fingerprint density at radius 2 is 2.08 bits per heavy atom. The zero-order valence-corrected chi connectivity index (χ0v) is 14.2. The number of carbonyl (C=O) groups is 2. The number of urea groups is 1. The number of nitrogens with one attached hydrogen (secondary N) is 2. The lowest BCUT2D eigenvalue weighted by Crippen LogP contribution is -2.48. The number of nitrogens with zero attached hydrogens (tertiary/aromatic N) is 2. The summed E-state index contributed by atoms with van der Waals surface area (Å²) in [6, 6.07) is 10.6. The van der Waals surface area contributed by atoms with Crippen molar-refractivity contribution in [3.05, 3.63) is 59.9 Å². The third-order valence-electron chi connectivity index (χ3n) is 4.15. The number of benzene rings is 1. The maximum Gasteiger partial charge on any atom is 0.322 e. The van der Waals surface area contributed by atoms with Gasteiger partial charge in [0.2, 0.25) is 0 Å². The van der Waals surface area contributed by atoms with Crippen molar-refractivity contribution in [2.75, 3.05) is 25.0 Å². The van der Waals surface area contributed by atoms with Gasteiger partial charge in [0.15, 0.2) is 0 Å². The molecule has 1 aromatic carbocycles. The molecule has 2 aromatic rings. The molecule has 0 radical (unpaired) electrons. The molecule has 136 valence electrons. The molecule has 0 aliphatic carbocycles. The molecule has 1 fully saturated rings. The van der Waals surface area contributed by atoms with E-state index in [0.717, 1.165) is 5.56 Å². The molecule has 4 N–H and O–H groups in total. The van der Waals surface area contributed by atoms with Crippen molar-refractivity contribution in [3.8, 4) is 0 Å². The Balaban J connectivity index is 1.56. The van der Waals surface area contributed by atoms with E-state index in [2.05, 4.69) is 15.7 Å². The Morgan fingerprint density at radius 1 is 1.27 bits per heavy atom. The van der Waals surface area contributed by atoms with Crippen molar-refractivity contribution >= 4 is 17.6 Å². The van der Waals surface area contributed by atoms with Crippen LogP contribution >= 0.6 is 0 Å². The SMILES string of the molecule is NNC(=O)c1ccc(CC2CN(C(=O)Nc3cccnc3)CCO2)cc1. The summed E-state index contributed by atoms with van der Waals surface area (Å²) in [6.45, 7) is 1.52. The zero-order valence-electron chi connectivity index (χ0n) is 14.2. The van der Waals surface area contributed by atoms with Gasteiger partial charge in [-0.15, -0.1) is 0 Å². The van der Waals surface area contributed by atoms with Crippen LogP contribution in [0.5, 0.6) is 0 Å². The smallest absolute Gasteiger partial charge is 0.322 e. The fraction of sp³-hybridized carbons (Fsp3) is 0.278. The van der Waals surface area contributed by atoms with Gasteiger partial charge in [0.1, 0.15) is 0 Å². The van der Waals surface area contributed by atoms with Gasteiger partial charge in [-0.3, -0.25) is 15.2 Å². The first-order chi connectivity index (χ1) is 12.7. The quantitative estimate of drug-likeness (QED) is 0.433. The number of rotatable bonds is 4. The van der Waals surface area contributed by atoms with E-state index in [1.807, 2.05) is 12.1 Å². The van der Waals surface area contributed by atoms with Crippen molar-refractivity contribution in [3.63, 3.8) is 0 Å². The number of nitrogen functional groups attached to an aromatic ring is 1. The van der Waals surface area contributed by atoms with E-state index in [4.69, 9.17) is 10.6 Å². The number of hydrazine groups is 1. The predicted molar refractivity (Wildman–Crippen MR) is 96.4 cm³/mol. The van der Waals surface area contributed by atoms with Crippen LogP contribution in [0.15, 0.2) is 48.8 Å². The van der Waals surface area contributed by atoms with Gasteiger partial charge in [-0.2, -0.15) is 0 Å². The molecule has 1 saturated heterocycles. The third-order valence-corrected chi connectivity index (χ3v) is 4.15. The number of amides is 3. The first-order valence-corrected chi connectivity index (χ1v) is 8.33. The van der Waals surface area contributed by atoms with E-state index >= 15 is 0 Å². The summed E-state index contributed by atoms with van der Waals surface area (Å²) in [5.41, 5.74) is 4.29. The van der Waals surface area contributed by atoms with E-state index in [1.165, 1.54) is 0 Å². The van der Waals surface area contributed by atoms with Crippen molar-refractivity contribution in [2.45, 2.75) is 12.5 Å². The zero-order chi connectivity index (χ0) is 18.4. The maximum atomic E-state index is 12.4. The second kappa shape index (κ2) is 8.41. The van der Waals surface area contributed by atoms with Gasteiger partial charge in [-0.25, -0.2) is 10.6 Å². The molecule has 1 aliphatic rings. The molecule has 26 heavy (non-hydrogen) atoms. The van der Waals surface area contributed by atoms with Gasteiger partial charge >= 0.3 is 6.03 Å². The van der Waals surface area contributed by atoms with Crippen molar-refractivity contribution in [1.82, 2.24) is 15.3 Å². The number of anilines is 1. The molecular weight excluding hydrogens is 334 g/mol. The van der Waals surface area contributed by atoms with Gasteiger partial charge in [0.05, 0.1) is 24.6 Å². The van der Waals surface area contributed by atoms with Crippen LogP contribution in [-0.2, 0) is 11.2 Å². The predicted octanol–water partition coefficient (Wildman–Crippen LogP) is 1.16. The minimum Gasteiger partial charge on any atom is -0.374 e. The summed E-state index contributed by atoms with van der Waals surface area (Å²) in [7, 11) is 0. The standard InChI is InChI=1S/C18H21N5O3/c19-22-17(24)14-5-3-13(4-6-14)10-16-12-23(8-9-26-16)18(25)21-15-2-1-7-20-11-15/h1-7,11,16H,8-10,12,19H2,(H,21,25)(H,22,24). The first kappa shape index (κ1) is 17.8. The average Bonchev–Trinajstić information content (AvgIpc) is 2.69. The van der Waals surface area contributed by atoms with Crippen LogP contribution in [0.1, 0.15) is 15.9 Å². The fourth-order valence-electron chi connectivity index (χ4n) is 2.80. The summed E-state index contributed by atoms with van der Waals surface area (Å²) in [5, 5.41) is 2.84. The molecule has 0 spiro atoms. The molecule has 1 aromatic heterocycles. The van der Waals surface area contributed by atoms with Crippen LogP contribution in [0, 0.1) is 0 Å². The fourth-order valence-corrected chi connectivity index (χ4v) is 2.80. The molecule has 8 nitrogen and oxygen atoms in total. The summed E-state index contributed by atoms with van der Waals surface area (Å²) >= 11 is 0. The van der Waals surface area contributed by atoms with Crippen molar-refractivity contribution in [2.24, 2.45) is 5.84 Å². The molecule has 0 bridgehead atoms. The minimum atomic E-state index is -0.330. The van der Waals surface area contributed by atoms with Crippen molar-refractivity contribution in [1.29, 1.82) is 0 Å². The Morgan fingerprint density at radius 3 is 2.77 bits per heavy atom. The molecule has 0 saturated carbocycles. The highest BCUT2D eigenvalue weighted by Gasteiger charge is 2.24. The number of morpholine rings is 1. The number of pyridine rings is 1. The van der Waals surface area contributed by atoms with Crippen LogP contribution < -0.4 is 16.6 Å². The average molecular weight is 355 g/mol. The van der Waals surface area contributed by atoms with E-state index in [9.17, 15) is 9.59 Å². The van der Waals surface area contributed by atoms with Gasteiger partial charge in [0.25, 0.3) is 5.91 Å². The number of carbonyl (C=O) groups excluding carboxylic acids is 2.